The zero-order valence-corrected chi connectivity index (χ0v) is 35.4. The molecule has 0 fully saturated rings. The maximum absolute atomic E-state index is 6.50. The number of fused-ring (bicyclic) bond motifs is 9. The van der Waals surface area contributed by atoms with E-state index >= 15 is 0 Å². The highest BCUT2D eigenvalue weighted by Gasteiger charge is 2.19. The fourth-order valence-corrected chi connectivity index (χ4v) is 10.0. The highest BCUT2D eigenvalue weighted by atomic mass is 16.3. The molecular formula is C62H40N2O. The van der Waals surface area contributed by atoms with Crippen LogP contribution in [0.4, 0.5) is 17.1 Å². The lowest BCUT2D eigenvalue weighted by Crippen LogP contribution is -2.10. The molecule has 11 aromatic carbocycles. The van der Waals surface area contributed by atoms with Gasteiger partial charge in [-0.1, -0.05) is 170 Å². The second-order valence-corrected chi connectivity index (χ2v) is 16.9. The second kappa shape index (κ2) is 15.0. The Hall–Kier alpha value is -8.66. The summed E-state index contributed by atoms with van der Waals surface area (Å²) in [5.41, 5.74) is 15.6. The Labute approximate surface area is 376 Å². The van der Waals surface area contributed by atoms with Gasteiger partial charge in [0.1, 0.15) is 11.2 Å². The van der Waals surface area contributed by atoms with Gasteiger partial charge in [-0.3, -0.25) is 0 Å². The van der Waals surface area contributed by atoms with Crippen LogP contribution in [0.15, 0.2) is 247 Å². The molecule has 0 radical (unpaired) electrons. The van der Waals surface area contributed by atoms with Crippen LogP contribution in [0.1, 0.15) is 0 Å². The van der Waals surface area contributed by atoms with Crippen LogP contribution in [0.25, 0.3) is 104 Å². The van der Waals surface area contributed by atoms with Crippen molar-refractivity contribution in [1.29, 1.82) is 0 Å². The predicted molar refractivity (Wildman–Crippen MR) is 274 cm³/mol. The molecule has 0 aliphatic carbocycles. The molecule has 0 unspecified atom stereocenters. The number of hydrogen-bond acceptors (Lipinski definition) is 2. The van der Waals surface area contributed by atoms with Gasteiger partial charge in [-0.25, -0.2) is 0 Å². The molecule has 304 valence electrons. The Morgan fingerprint density at radius 1 is 0.308 bits per heavy atom. The van der Waals surface area contributed by atoms with E-state index in [0.717, 1.165) is 55.8 Å². The van der Waals surface area contributed by atoms with Crippen LogP contribution in [0, 0.1) is 0 Å². The summed E-state index contributed by atoms with van der Waals surface area (Å²) in [4.78, 5) is 2.40. The first-order valence-electron chi connectivity index (χ1n) is 22.2. The van der Waals surface area contributed by atoms with E-state index in [1.807, 2.05) is 6.07 Å². The fraction of sp³-hybridized carbons (Fsp3) is 0. The molecule has 2 aromatic heterocycles. The number of nitrogens with zero attached hydrogens (tertiary/aromatic N) is 2. The van der Waals surface area contributed by atoms with E-state index in [1.54, 1.807) is 0 Å². The van der Waals surface area contributed by atoms with Crippen molar-refractivity contribution in [2.45, 2.75) is 0 Å². The smallest absolute Gasteiger partial charge is 0.143 e. The standard InChI is InChI=1S/C62H40N2O/c1-4-13-41(14-5-1)42-25-29-49(30-26-42)63(51-32-35-56-55-19-10-11-22-59(55)64(60(56)40-51)48-17-8-3-9-18-48)50-31-34-53-47(38-50)24-23-46-37-44(27-33-52(46)53)45-28-36-61-58(39-45)57-21-12-20-54(62(57)65-61)43-15-6-2-7-16-43/h1-40H. The molecule has 0 spiro atoms. The normalized spacial score (nSPS) is 11.7. The number of para-hydroxylation sites is 3. The van der Waals surface area contributed by atoms with Crippen LogP contribution in [0.5, 0.6) is 0 Å². The average Bonchev–Trinajstić information content (AvgIpc) is 3.92. The number of furan rings is 1. The van der Waals surface area contributed by atoms with E-state index in [1.165, 1.54) is 65.6 Å². The molecule has 0 saturated heterocycles. The predicted octanol–water partition coefficient (Wildman–Crippen LogP) is 17.5. The van der Waals surface area contributed by atoms with Gasteiger partial charge in [0.25, 0.3) is 0 Å². The molecule has 0 amide bonds. The van der Waals surface area contributed by atoms with Gasteiger partial charge in [0.05, 0.1) is 11.0 Å². The first-order chi connectivity index (χ1) is 32.2. The molecule has 0 N–H and O–H groups in total. The summed E-state index contributed by atoms with van der Waals surface area (Å²) in [7, 11) is 0. The lowest BCUT2D eigenvalue weighted by Gasteiger charge is -2.26. The highest BCUT2D eigenvalue weighted by Crippen LogP contribution is 2.43. The molecule has 0 aliphatic rings. The van der Waals surface area contributed by atoms with Crippen molar-refractivity contribution < 1.29 is 4.42 Å². The molecule has 0 atom stereocenters. The Bertz CT molecular complexity index is 3920. The fourth-order valence-electron chi connectivity index (χ4n) is 10.0. The summed E-state index contributed by atoms with van der Waals surface area (Å²) in [5, 5.41) is 9.58. The van der Waals surface area contributed by atoms with Gasteiger partial charge in [-0.2, -0.15) is 0 Å². The third-order valence-corrected chi connectivity index (χ3v) is 13.2. The van der Waals surface area contributed by atoms with Crippen molar-refractivity contribution >= 4 is 82.4 Å². The molecule has 0 bridgehead atoms. The van der Waals surface area contributed by atoms with Crippen molar-refractivity contribution in [3.8, 4) is 39.1 Å². The summed E-state index contributed by atoms with van der Waals surface area (Å²) in [5.74, 6) is 0. The van der Waals surface area contributed by atoms with Gasteiger partial charge < -0.3 is 13.9 Å². The SMILES string of the molecule is c1ccc(-c2ccc(N(c3ccc4c(ccc5cc(-c6ccc7oc8c(-c9ccccc9)cccc8c7c6)ccc54)c3)c3ccc4c5ccccc5n(-c5ccccc5)c4c3)cc2)cc1. The van der Waals surface area contributed by atoms with Gasteiger partial charge in [-0.15, -0.1) is 0 Å². The van der Waals surface area contributed by atoms with E-state index in [4.69, 9.17) is 4.42 Å². The van der Waals surface area contributed by atoms with E-state index in [0.29, 0.717) is 0 Å². The maximum atomic E-state index is 6.50. The van der Waals surface area contributed by atoms with Crippen LogP contribution >= 0.6 is 0 Å². The molecule has 13 aromatic rings. The molecule has 0 aliphatic heterocycles. The Balaban J connectivity index is 0.917. The third-order valence-electron chi connectivity index (χ3n) is 13.2. The first-order valence-corrected chi connectivity index (χ1v) is 22.2. The van der Waals surface area contributed by atoms with Crippen molar-refractivity contribution in [3.05, 3.63) is 243 Å². The number of hydrogen-bond donors (Lipinski definition) is 0. The topological polar surface area (TPSA) is 21.3 Å². The molecule has 65 heavy (non-hydrogen) atoms. The molecule has 3 nitrogen and oxygen atoms in total. The molecule has 3 heteroatoms. The zero-order chi connectivity index (χ0) is 42.8. The monoisotopic (exact) mass is 828 g/mol. The quantitative estimate of drug-likeness (QED) is 0.149. The molecule has 13 rings (SSSR count). The van der Waals surface area contributed by atoms with Crippen LogP contribution in [0.2, 0.25) is 0 Å². The second-order valence-electron chi connectivity index (χ2n) is 16.9. The number of benzene rings is 11. The highest BCUT2D eigenvalue weighted by molar-refractivity contribution is 6.13. The summed E-state index contributed by atoms with van der Waals surface area (Å²) in [6.45, 7) is 0. The van der Waals surface area contributed by atoms with Crippen LogP contribution < -0.4 is 4.90 Å². The van der Waals surface area contributed by atoms with E-state index < -0.39 is 0 Å². The lowest BCUT2D eigenvalue weighted by molar-refractivity contribution is 0.670. The number of rotatable bonds is 7. The van der Waals surface area contributed by atoms with Gasteiger partial charge >= 0.3 is 0 Å². The molecule has 0 saturated carbocycles. The average molecular weight is 829 g/mol. The minimum Gasteiger partial charge on any atom is -0.455 e. The number of anilines is 3. The molecule has 2 heterocycles. The molecular weight excluding hydrogens is 789 g/mol. The number of aromatic nitrogens is 1. The minimum absolute atomic E-state index is 0.898. The Morgan fingerprint density at radius 2 is 0.862 bits per heavy atom. The van der Waals surface area contributed by atoms with E-state index in [-0.39, 0.29) is 0 Å². The zero-order valence-electron chi connectivity index (χ0n) is 35.4. The van der Waals surface area contributed by atoms with Crippen molar-refractivity contribution in [3.63, 3.8) is 0 Å². The van der Waals surface area contributed by atoms with Crippen molar-refractivity contribution in [2.75, 3.05) is 4.90 Å². The van der Waals surface area contributed by atoms with Gasteiger partial charge in [0.2, 0.25) is 0 Å². The van der Waals surface area contributed by atoms with E-state index in [9.17, 15) is 0 Å². The van der Waals surface area contributed by atoms with Crippen LogP contribution in [-0.4, -0.2) is 4.57 Å². The maximum Gasteiger partial charge on any atom is 0.143 e. The van der Waals surface area contributed by atoms with Crippen LogP contribution in [0.3, 0.4) is 0 Å². The summed E-state index contributed by atoms with van der Waals surface area (Å²) in [6.07, 6.45) is 0. The summed E-state index contributed by atoms with van der Waals surface area (Å²) >= 11 is 0. The largest absolute Gasteiger partial charge is 0.455 e. The summed E-state index contributed by atoms with van der Waals surface area (Å²) < 4.78 is 8.90. The van der Waals surface area contributed by atoms with Gasteiger partial charge in [0, 0.05) is 49.9 Å². The Morgan fingerprint density at radius 3 is 1.65 bits per heavy atom. The minimum atomic E-state index is 0.898. The lowest BCUT2D eigenvalue weighted by atomic mass is 9.96. The summed E-state index contributed by atoms with van der Waals surface area (Å²) in [6, 6.07) is 87.7. The van der Waals surface area contributed by atoms with Gasteiger partial charge in [-0.05, 0) is 122 Å². The van der Waals surface area contributed by atoms with Gasteiger partial charge in [0.15, 0.2) is 0 Å². The third kappa shape index (κ3) is 6.20. The van der Waals surface area contributed by atoms with Crippen molar-refractivity contribution in [1.82, 2.24) is 4.57 Å². The first kappa shape index (κ1) is 36.9. The Kier molecular flexibility index (Phi) is 8.53. The van der Waals surface area contributed by atoms with E-state index in [2.05, 4.69) is 246 Å². The van der Waals surface area contributed by atoms with Crippen LogP contribution in [-0.2, 0) is 0 Å². The van der Waals surface area contributed by atoms with Crippen molar-refractivity contribution in [2.24, 2.45) is 0 Å².